The molecule has 0 spiro atoms. The van der Waals surface area contributed by atoms with Gasteiger partial charge in [0.1, 0.15) is 11.6 Å². The summed E-state index contributed by atoms with van der Waals surface area (Å²) in [6.07, 6.45) is 0. The standard InChI is InChI=1S/C16H13ClN2O2/c1-10-7-11(2)19(16(21)14(10)8-18)9-15(20)12-3-5-13(17)6-4-12/h3-7H,9H2,1-2H3. The first-order valence-electron chi connectivity index (χ1n) is 6.34. The van der Waals surface area contributed by atoms with Gasteiger partial charge < -0.3 is 4.57 Å². The smallest absolute Gasteiger partial charge is 0.269 e. The van der Waals surface area contributed by atoms with E-state index >= 15 is 0 Å². The lowest BCUT2D eigenvalue weighted by Gasteiger charge is -2.11. The molecule has 2 rings (SSSR count). The third kappa shape index (κ3) is 3.04. The molecule has 4 nitrogen and oxygen atoms in total. The number of aryl methyl sites for hydroxylation is 2. The Morgan fingerprint density at radius 2 is 1.90 bits per heavy atom. The van der Waals surface area contributed by atoms with Crippen LogP contribution in [0.5, 0.6) is 0 Å². The summed E-state index contributed by atoms with van der Waals surface area (Å²) in [6, 6.07) is 10.1. The molecule has 0 aliphatic carbocycles. The average Bonchev–Trinajstić information content (AvgIpc) is 2.44. The summed E-state index contributed by atoms with van der Waals surface area (Å²) in [7, 11) is 0. The van der Waals surface area contributed by atoms with Gasteiger partial charge in [-0.15, -0.1) is 0 Å². The van der Waals surface area contributed by atoms with Crippen molar-refractivity contribution in [3.63, 3.8) is 0 Å². The van der Waals surface area contributed by atoms with Gasteiger partial charge in [-0.25, -0.2) is 0 Å². The second-order valence-electron chi connectivity index (χ2n) is 4.78. The molecule has 0 amide bonds. The van der Waals surface area contributed by atoms with Crippen LogP contribution in [0.2, 0.25) is 5.02 Å². The van der Waals surface area contributed by atoms with Crippen molar-refractivity contribution in [2.45, 2.75) is 20.4 Å². The molecule has 106 valence electrons. The van der Waals surface area contributed by atoms with Crippen LogP contribution < -0.4 is 5.56 Å². The number of hydrogen-bond acceptors (Lipinski definition) is 3. The minimum absolute atomic E-state index is 0.0736. The van der Waals surface area contributed by atoms with Gasteiger partial charge in [-0.05, 0) is 49.7 Å². The summed E-state index contributed by atoms with van der Waals surface area (Å²) in [4.78, 5) is 24.5. The van der Waals surface area contributed by atoms with E-state index in [4.69, 9.17) is 16.9 Å². The molecule has 5 heteroatoms. The highest BCUT2D eigenvalue weighted by molar-refractivity contribution is 6.30. The minimum atomic E-state index is -0.433. The van der Waals surface area contributed by atoms with Crippen molar-refractivity contribution in [3.05, 3.63) is 68.1 Å². The molecule has 0 aliphatic rings. The van der Waals surface area contributed by atoms with E-state index in [-0.39, 0.29) is 17.9 Å². The summed E-state index contributed by atoms with van der Waals surface area (Å²) in [5, 5.41) is 9.58. The van der Waals surface area contributed by atoms with Gasteiger partial charge in [-0.2, -0.15) is 5.26 Å². The number of pyridine rings is 1. The van der Waals surface area contributed by atoms with E-state index in [0.717, 1.165) is 0 Å². The predicted octanol–water partition coefficient (Wildman–Crippen LogP) is 2.87. The van der Waals surface area contributed by atoms with Gasteiger partial charge in [-0.1, -0.05) is 11.6 Å². The molecule has 0 radical (unpaired) electrons. The average molecular weight is 301 g/mol. The van der Waals surface area contributed by atoms with E-state index in [0.29, 0.717) is 21.8 Å². The fourth-order valence-electron chi connectivity index (χ4n) is 2.13. The van der Waals surface area contributed by atoms with Crippen LogP contribution in [0.3, 0.4) is 0 Å². The largest absolute Gasteiger partial charge is 0.304 e. The Bertz CT molecular complexity index is 799. The molecule has 0 fully saturated rings. The van der Waals surface area contributed by atoms with Crippen molar-refractivity contribution >= 4 is 17.4 Å². The van der Waals surface area contributed by atoms with E-state index in [2.05, 4.69) is 0 Å². The number of Topliss-reactive ketones (excluding diaryl/α,β-unsaturated/α-hetero) is 1. The lowest BCUT2D eigenvalue weighted by molar-refractivity contribution is 0.0970. The van der Waals surface area contributed by atoms with Crippen molar-refractivity contribution in [1.82, 2.24) is 4.57 Å². The SMILES string of the molecule is Cc1cc(C)n(CC(=O)c2ccc(Cl)cc2)c(=O)c1C#N. The van der Waals surface area contributed by atoms with Gasteiger partial charge in [0.2, 0.25) is 0 Å². The zero-order valence-electron chi connectivity index (χ0n) is 11.7. The van der Waals surface area contributed by atoms with E-state index in [9.17, 15) is 9.59 Å². The first-order chi connectivity index (χ1) is 9.93. The van der Waals surface area contributed by atoms with Crippen LogP contribution >= 0.6 is 11.6 Å². The second kappa shape index (κ2) is 5.94. The van der Waals surface area contributed by atoms with Crippen LogP contribution in [-0.2, 0) is 6.54 Å². The molecule has 0 atom stereocenters. The molecule has 0 saturated heterocycles. The molecule has 0 bridgehead atoms. The topological polar surface area (TPSA) is 62.9 Å². The summed E-state index contributed by atoms with van der Waals surface area (Å²) in [5.74, 6) is -0.204. The fourth-order valence-corrected chi connectivity index (χ4v) is 2.26. The first kappa shape index (κ1) is 15.0. The van der Waals surface area contributed by atoms with Gasteiger partial charge >= 0.3 is 0 Å². The lowest BCUT2D eigenvalue weighted by Crippen LogP contribution is -2.28. The summed E-state index contributed by atoms with van der Waals surface area (Å²) in [6.45, 7) is 3.35. The van der Waals surface area contributed by atoms with Crippen molar-refractivity contribution in [1.29, 1.82) is 5.26 Å². The minimum Gasteiger partial charge on any atom is -0.304 e. The molecule has 0 saturated carbocycles. The monoisotopic (exact) mass is 300 g/mol. The molecule has 0 aliphatic heterocycles. The maximum atomic E-state index is 12.2. The van der Waals surface area contributed by atoms with Crippen LogP contribution in [0, 0.1) is 25.2 Å². The zero-order valence-corrected chi connectivity index (χ0v) is 12.4. The van der Waals surface area contributed by atoms with Gasteiger partial charge in [0.05, 0.1) is 6.54 Å². The zero-order chi connectivity index (χ0) is 15.6. The molecular formula is C16H13ClN2O2. The molecule has 21 heavy (non-hydrogen) atoms. The number of rotatable bonds is 3. The maximum absolute atomic E-state index is 12.2. The van der Waals surface area contributed by atoms with Gasteiger partial charge in [0.15, 0.2) is 5.78 Å². The second-order valence-corrected chi connectivity index (χ2v) is 5.21. The summed E-state index contributed by atoms with van der Waals surface area (Å²) >= 11 is 5.78. The maximum Gasteiger partial charge on any atom is 0.269 e. The quantitative estimate of drug-likeness (QED) is 0.819. The Kier molecular flexibility index (Phi) is 4.25. The number of carbonyl (C=O) groups excluding carboxylic acids is 1. The molecular weight excluding hydrogens is 288 g/mol. The van der Waals surface area contributed by atoms with E-state index in [1.807, 2.05) is 6.07 Å². The third-order valence-electron chi connectivity index (χ3n) is 3.28. The van der Waals surface area contributed by atoms with Gasteiger partial charge in [-0.3, -0.25) is 9.59 Å². The number of aromatic nitrogens is 1. The number of carbonyl (C=O) groups is 1. The highest BCUT2D eigenvalue weighted by Crippen LogP contribution is 2.11. The summed E-state index contributed by atoms with van der Waals surface area (Å²) < 4.78 is 1.32. The molecule has 2 aromatic rings. The molecule has 0 unspecified atom stereocenters. The van der Waals surface area contributed by atoms with E-state index in [1.54, 1.807) is 44.2 Å². The van der Waals surface area contributed by atoms with Crippen LogP contribution in [0.1, 0.15) is 27.2 Å². The highest BCUT2D eigenvalue weighted by Gasteiger charge is 2.14. The predicted molar refractivity (Wildman–Crippen MR) is 80.7 cm³/mol. The Hall–Kier alpha value is -2.38. The normalized spacial score (nSPS) is 10.2. The Labute approximate surface area is 127 Å². The van der Waals surface area contributed by atoms with Crippen molar-refractivity contribution in [2.75, 3.05) is 0 Å². The Morgan fingerprint density at radius 3 is 2.48 bits per heavy atom. The van der Waals surface area contributed by atoms with Crippen molar-refractivity contribution in [2.24, 2.45) is 0 Å². The Balaban J connectivity index is 2.41. The van der Waals surface area contributed by atoms with Crippen LogP contribution in [0.4, 0.5) is 0 Å². The van der Waals surface area contributed by atoms with Crippen molar-refractivity contribution < 1.29 is 4.79 Å². The van der Waals surface area contributed by atoms with Gasteiger partial charge in [0.25, 0.3) is 5.56 Å². The van der Waals surface area contributed by atoms with E-state index in [1.165, 1.54) is 4.57 Å². The van der Waals surface area contributed by atoms with Crippen molar-refractivity contribution in [3.8, 4) is 6.07 Å². The Morgan fingerprint density at radius 1 is 1.29 bits per heavy atom. The number of benzene rings is 1. The number of hydrogen-bond donors (Lipinski definition) is 0. The molecule has 1 heterocycles. The lowest BCUT2D eigenvalue weighted by atomic mass is 10.1. The van der Waals surface area contributed by atoms with Crippen LogP contribution in [0.15, 0.2) is 35.1 Å². The van der Waals surface area contributed by atoms with Crippen LogP contribution in [0.25, 0.3) is 0 Å². The van der Waals surface area contributed by atoms with Gasteiger partial charge in [0, 0.05) is 16.3 Å². The van der Waals surface area contributed by atoms with Crippen LogP contribution in [-0.4, -0.2) is 10.4 Å². The molecule has 0 N–H and O–H groups in total. The fraction of sp³-hybridized carbons (Fsp3) is 0.188. The molecule has 1 aromatic heterocycles. The first-order valence-corrected chi connectivity index (χ1v) is 6.71. The number of nitrogens with zero attached hydrogens (tertiary/aromatic N) is 2. The molecule has 1 aromatic carbocycles. The number of nitriles is 1. The number of ketones is 1. The third-order valence-corrected chi connectivity index (χ3v) is 3.54. The summed E-state index contributed by atoms with van der Waals surface area (Å²) in [5.41, 5.74) is 1.39. The van der Waals surface area contributed by atoms with E-state index < -0.39 is 5.56 Å². The highest BCUT2D eigenvalue weighted by atomic mass is 35.5. The number of halogens is 1.